The molecule has 2 rings (SSSR count). The highest BCUT2D eigenvalue weighted by atomic mass is 16.2. The van der Waals surface area contributed by atoms with Gasteiger partial charge in [0.2, 0.25) is 5.91 Å². The number of benzene rings is 1. The fourth-order valence-electron chi connectivity index (χ4n) is 1.79. The molecule has 0 atom stereocenters. The summed E-state index contributed by atoms with van der Waals surface area (Å²) in [5.74, 6) is 0.0163. The number of rotatable bonds is 4. The first-order valence-electron chi connectivity index (χ1n) is 5.92. The minimum atomic E-state index is 0.0163. The van der Waals surface area contributed by atoms with E-state index in [-0.39, 0.29) is 5.91 Å². The highest BCUT2D eigenvalue weighted by Crippen LogP contribution is 2.25. The molecule has 0 heterocycles. The maximum absolute atomic E-state index is 11.8. The summed E-state index contributed by atoms with van der Waals surface area (Å²) < 4.78 is 0. The molecule has 1 aromatic rings. The fraction of sp³-hybridized carbons (Fsp3) is 0.462. The average Bonchev–Trinajstić information content (AvgIpc) is 3.06. The number of nitrogens with zero attached hydrogens (tertiary/aromatic N) is 1. The summed E-state index contributed by atoms with van der Waals surface area (Å²) in [6.07, 6.45) is 2.42. The van der Waals surface area contributed by atoms with E-state index in [0.717, 1.165) is 11.3 Å². The molecule has 17 heavy (non-hydrogen) atoms. The highest BCUT2D eigenvalue weighted by Gasteiger charge is 2.27. The Bertz CT molecular complexity index is 427. The Balaban J connectivity index is 1.90. The Labute approximate surface area is 102 Å². The summed E-state index contributed by atoms with van der Waals surface area (Å²) >= 11 is 0. The molecule has 0 bridgehead atoms. The van der Waals surface area contributed by atoms with Gasteiger partial charge in [0.1, 0.15) is 0 Å². The molecule has 1 aliphatic carbocycles. The zero-order valence-corrected chi connectivity index (χ0v) is 10.4. The molecule has 0 unspecified atom stereocenters. The van der Waals surface area contributed by atoms with Crippen LogP contribution in [0, 0.1) is 6.92 Å². The summed E-state index contributed by atoms with van der Waals surface area (Å²) in [6, 6.07) is 6.18. The van der Waals surface area contributed by atoms with E-state index < -0.39 is 0 Å². The molecule has 1 aliphatic rings. The molecule has 92 valence electrons. The Morgan fingerprint density at radius 1 is 1.53 bits per heavy atom. The van der Waals surface area contributed by atoms with Crippen molar-refractivity contribution >= 4 is 17.3 Å². The lowest BCUT2D eigenvalue weighted by molar-refractivity contribution is -0.117. The van der Waals surface area contributed by atoms with Crippen molar-refractivity contribution in [2.75, 3.05) is 24.6 Å². The summed E-state index contributed by atoms with van der Waals surface area (Å²) in [7, 11) is 1.99. The lowest BCUT2D eigenvalue weighted by atomic mass is 10.2. The number of aryl methyl sites for hydroxylation is 1. The van der Waals surface area contributed by atoms with Crippen LogP contribution >= 0.6 is 0 Å². The quantitative estimate of drug-likeness (QED) is 0.777. The third-order valence-electron chi connectivity index (χ3n) is 3.13. The van der Waals surface area contributed by atoms with Crippen LogP contribution in [0.3, 0.4) is 0 Å². The highest BCUT2D eigenvalue weighted by molar-refractivity contribution is 5.92. The molecule has 1 fully saturated rings. The van der Waals surface area contributed by atoms with Gasteiger partial charge in [0.25, 0.3) is 0 Å². The van der Waals surface area contributed by atoms with E-state index in [0.29, 0.717) is 18.3 Å². The van der Waals surface area contributed by atoms with Crippen LogP contribution in [0.4, 0.5) is 11.4 Å². The van der Waals surface area contributed by atoms with Gasteiger partial charge < -0.3 is 11.1 Å². The van der Waals surface area contributed by atoms with Gasteiger partial charge in [-0.1, -0.05) is 6.07 Å². The zero-order valence-electron chi connectivity index (χ0n) is 10.4. The van der Waals surface area contributed by atoms with Gasteiger partial charge in [-0.15, -0.1) is 0 Å². The van der Waals surface area contributed by atoms with Crippen LogP contribution in [0.1, 0.15) is 18.4 Å². The maximum Gasteiger partial charge on any atom is 0.238 e. The Kier molecular flexibility index (Phi) is 3.33. The van der Waals surface area contributed by atoms with E-state index in [2.05, 4.69) is 10.2 Å². The van der Waals surface area contributed by atoms with E-state index in [4.69, 9.17) is 5.73 Å². The number of anilines is 2. The van der Waals surface area contributed by atoms with Crippen molar-refractivity contribution in [3.63, 3.8) is 0 Å². The number of hydrogen-bond acceptors (Lipinski definition) is 3. The van der Waals surface area contributed by atoms with Crippen LogP contribution in [0.15, 0.2) is 18.2 Å². The number of nitrogens with two attached hydrogens (primary N) is 1. The van der Waals surface area contributed by atoms with Crippen molar-refractivity contribution in [2.45, 2.75) is 25.8 Å². The molecule has 1 aromatic carbocycles. The predicted octanol–water partition coefficient (Wildman–Crippen LogP) is 1.61. The third-order valence-corrected chi connectivity index (χ3v) is 3.13. The van der Waals surface area contributed by atoms with Gasteiger partial charge in [-0.3, -0.25) is 9.69 Å². The molecule has 3 N–H and O–H groups in total. The summed E-state index contributed by atoms with van der Waals surface area (Å²) in [6.45, 7) is 2.39. The van der Waals surface area contributed by atoms with E-state index >= 15 is 0 Å². The lowest BCUT2D eigenvalue weighted by Gasteiger charge is -2.15. The van der Waals surface area contributed by atoms with Gasteiger partial charge >= 0.3 is 0 Å². The Morgan fingerprint density at radius 2 is 2.24 bits per heavy atom. The minimum Gasteiger partial charge on any atom is -0.398 e. The van der Waals surface area contributed by atoms with Gasteiger partial charge in [-0.25, -0.2) is 0 Å². The third kappa shape index (κ3) is 3.20. The van der Waals surface area contributed by atoms with Crippen molar-refractivity contribution in [3.05, 3.63) is 23.8 Å². The number of carbonyl (C=O) groups is 1. The largest absolute Gasteiger partial charge is 0.398 e. The van der Waals surface area contributed by atoms with Crippen molar-refractivity contribution in [2.24, 2.45) is 0 Å². The second-order valence-corrected chi connectivity index (χ2v) is 4.77. The average molecular weight is 233 g/mol. The van der Waals surface area contributed by atoms with Crippen LogP contribution in [0.25, 0.3) is 0 Å². The maximum atomic E-state index is 11.8. The SMILES string of the molecule is Cc1ccc(NC(=O)CN(C)C2CC2)cc1N. The normalized spacial score (nSPS) is 15.0. The van der Waals surface area contributed by atoms with Crippen LogP contribution < -0.4 is 11.1 Å². The first-order chi connectivity index (χ1) is 8.06. The number of hydrogen-bond donors (Lipinski definition) is 2. The van der Waals surface area contributed by atoms with Crippen LogP contribution in [-0.4, -0.2) is 30.4 Å². The van der Waals surface area contributed by atoms with Gasteiger partial charge in [-0.2, -0.15) is 0 Å². The van der Waals surface area contributed by atoms with Crippen molar-refractivity contribution in [1.82, 2.24) is 4.90 Å². The van der Waals surface area contributed by atoms with E-state index in [9.17, 15) is 4.79 Å². The number of nitrogens with one attached hydrogen (secondary N) is 1. The first kappa shape index (κ1) is 11.9. The van der Waals surface area contributed by atoms with Crippen LogP contribution in [0.2, 0.25) is 0 Å². The summed E-state index contributed by atoms with van der Waals surface area (Å²) in [5.41, 5.74) is 8.29. The Hall–Kier alpha value is -1.55. The van der Waals surface area contributed by atoms with E-state index in [1.165, 1.54) is 12.8 Å². The Morgan fingerprint density at radius 3 is 2.82 bits per heavy atom. The van der Waals surface area contributed by atoms with E-state index in [1.807, 2.05) is 26.1 Å². The number of amides is 1. The standard InChI is InChI=1S/C13H19N3O/c1-9-3-4-10(7-12(9)14)15-13(17)8-16(2)11-5-6-11/h3-4,7,11H,5-6,8,14H2,1-2H3,(H,15,17). The van der Waals surface area contributed by atoms with Crippen LogP contribution in [-0.2, 0) is 4.79 Å². The molecule has 4 heteroatoms. The zero-order chi connectivity index (χ0) is 12.4. The summed E-state index contributed by atoms with van der Waals surface area (Å²) in [4.78, 5) is 13.8. The molecule has 1 amide bonds. The summed E-state index contributed by atoms with van der Waals surface area (Å²) in [5, 5.41) is 2.86. The molecule has 0 saturated heterocycles. The topological polar surface area (TPSA) is 58.4 Å². The molecule has 0 aromatic heterocycles. The van der Waals surface area contributed by atoms with Gasteiger partial charge in [0.15, 0.2) is 0 Å². The predicted molar refractivity (Wildman–Crippen MR) is 69.9 cm³/mol. The minimum absolute atomic E-state index is 0.0163. The smallest absolute Gasteiger partial charge is 0.238 e. The van der Waals surface area contributed by atoms with Crippen molar-refractivity contribution < 1.29 is 4.79 Å². The number of nitrogen functional groups attached to an aromatic ring is 1. The monoisotopic (exact) mass is 233 g/mol. The van der Waals surface area contributed by atoms with Gasteiger partial charge in [-0.05, 0) is 44.5 Å². The molecule has 1 saturated carbocycles. The van der Waals surface area contributed by atoms with E-state index in [1.54, 1.807) is 6.07 Å². The fourth-order valence-corrected chi connectivity index (χ4v) is 1.79. The number of likely N-dealkylation sites (N-methyl/N-ethyl adjacent to an activating group) is 1. The number of carbonyl (C=O) groups excluding carboxylic acids is 1. The second-order valence-electron chi connectivity index (χ2n) is 4.77. The van der Waals surface area contributed by atoms with Crippen molar-refractivity contribution in [1.29, 1.82) is 0 Å². The van der Waals surface area contributed by atoms with Gasteiger partial charge in [0, 0.05) is 17.4 Å². The molecular formula is C13H19N3O. The molecule has 4 nitrogen and oxygen atoms in total. The lowest BCUT2D eigenvalue weighted by Crippen LogP contribution is -2.31. The van der Waals surface area contributed by atoms with Crippen molar-refractivity contribution in [3.8, 4) is 0 Å². The molecule has 0 radical (unpaired) electrons. The van der Waals surface area contributed by atoms with Crippen LogP contribution in [0.5, 0.6) is 0 Å². The molecular weight excluding hydrogens is 214 g/mol. The second kappa shape index (κ2) is 4.75. The molecule has 0 aliphatic heterocycles. The van der Waals surface area contributed by atoms with Gasteiger partial charge in [0.05, 0.1) is 6.54 Å². The molecule has 0 spiro atoms. The first-order valence-corrected chi connectivity index (χ1v) is 5.92.